The van der Waals surface area contributed by atoms with Gasteiger partial charge in [-0.2, -0.15) is 10.4 Å². The maximum atomic E-state index is 13.3. The first-order valence-electron chi connectivity index (χ1n) is 8.65. The second kappa shape index (κ2) is 8.21. The number of halogens is 1. The number of aryl methyl sites for hydroxylation is 1. The Balaban J connectivity index is 1.83. The first-order chi connectivity index (χ1) is 12.6. The standard InChI is InChI=1S/C19H22FN5O/c1-13-14(2)23-24-19(17(13)11-21)22-12-18(25-7-9-26-10-8-25)15-3-5-16(20)6-4-15/h3-6,18H,7-10,12H2,1-2H3,(H,22,24). The summed E-state index contributed by atoms with van der Waals surface area (Å²) in [5.41, 5.74) is 3.10. The number of morpholine rings is 1. The summed E-state index contributed by atoms with van der Waals surface area (Å²) in [5.74, 6) is 0.227. The third-order valence-corrected chi connectivity index (χ3v) is 4.77. The topological polar surface area (TPSA) is 74.1 Å². The van der Waals surface area contributed by atoms with E-state index in [0.29, 0.717) is 31.1 Å². The number of benzene rings is 1. The summed E-state index contributed by atoms with van der Waals surface area (Å²) >= 11 is 0. The minimum atomic E-state index is -0.255. The van der Waals surface area contributed by atoms with Crippen molar-refractivity contribution in [2.75, 3.05) is 38.2 Å². The molecule has 136 valence electrons. The Bertz CT molecular complexity index is 797. The number of nitrogens with zero attached hydrogens (tertiary/aromatic N) is 4. The van der Waals surface area contributed by atoms with E-state index in [1.54, 1.807) is 12.1 Å². The molecular formula is C19H22FN5O. The highest BCUT2D eigenvalue weighted by molar-refractivity contribution is 5.55. The van der Waals surface area contributed by atoms with Crippen molar-refractivity contribution in [3.8, 4) is 6.07 Å². The van der Waals surface area contributed by atoms with Gasteiger partial charge in [0.1, 0.15) is 17.4 Å². The molecule has 0 saturated carbocycles. The smallest absolute Gasteiger partial charge is 0.167 e. The van der Waals surface area contributed by atoms with E-state index in [1.807, 2.05) is 13.8 Å². The zero-order valence-electron chi connectivity index (χ0n) is 15.0. The van der Waals surface area contributed by atoms with Crippen molar-refractivity contribution in [3.05, 3.63) is 52.5 Å². The van der Waals surface area contributed by atoms with E-state index in [9.17, 15) is 9.65 Å². The third-order valence-electron chi connectivity index (χ3n) is 4.77. The molecule has 1 aliphatic heterocycles. The van der Waals surface area contributed by atoms with E-state index in [-0.39, 0.29) is 11.9 Å². The van der Waals surface area contributed by atoms with Gasteiger partial charge in [0.05, 0.1) is 24.9 Å². The van der Waals surface area contributed by atoms with E-state index in [2.05, 4.69) is 26.5 Å². The molecule has 0 amide bonds. The molecule has 6 nitrogen and oxygen atoms in total. The fraction of sp³-hybridized carbons (Fsp3) is 0.421. The van der Waals surface area contributed by atoms with Gasteiger partial charge in [0.25, 0.3) is 0 Å². The highest BCUT2D eigenvalue weighted by Gasteiger charge is 2.23. The van der Waals surface area contributed by atoms with Gasteiger partial charge < -0.3 is 10.1 Å². The molecule has 3 rings (SSSR count). The second-order valence-corrected chi connectivity index (χ2v) is 6.34. The van der Waals surface area contributed by atoms with Gasteiger partial charge in [-0.3, -0.25) is 4.90 Å². The molecule has 1 saturated heterocycles. The molecule has 7 heteroatoms. The predicted molar refractivity (Wildman–Crippen MR) is 96.2 cm³/mol. The Labute approximate surface area is 152 Å². The average molecular weight is 355 g/mol. The molecule has 1 atom stereocenters. The van der Waals surface area contributed by atoms with Crippen LogP contribution in [0.2, 0.25) is 0 Å². The van der Waals surface area contributed by atoms with E-state index in [1.165, 1.54) is 12.1 Å². The SMILES string of the molecule is Cc1nnc(NCC(c2ccc(F)cc2)N2CCOCC2)c(C#N)c1C. The van der Waals surface area contributed by atoms with Gasteiger partial charge in [-0.15, -0.1) is 5.10 Å². The van der Waals surface area contributed by atoms with Crippen LogP contribution in [0.4, 0.5) is 10.2 Å². The van der Waals surface area contributed by atoms with Crippen molar-refractivity contribution in [1.82, 2.24) is 15.1 Å². The lowest BCUT2D eigenvalue weighted by Crippen LogP contribution is -2.41. The van der Waals surface area contributed by atoms with E-state index < -0.39 is 0 Å². The highest BCUT2D eigenvalue weighted by atomic mass is 19.1. The molecule has 2 heterocycles. The molecule has 1 aromatic carbocycles. The van der Waals surface area contributed by atoms with E-state index in [0.717, 1.165) is 29.9 Å². The minimum Gasteiger partial charge on any atom is -0.379 e. The number of rotatable bonds is 5. The van der Waals surface area contributed by atoms with Crippen LogP contribution in [0.3, 0.4) is 0 Å². The van der Waals surface area contributed by atoms with Crippen molar-refractivity contribution >= 4 is 5.82 Å². The molecule has 1 N–H and O–H groups in total. The van der Waals surface area contributed by atoms with Crippen molar-refractivity contribution in [2.24, 2.45) is 0 Å². The van der Waals surface area contributed by atoms with Crippen LogP contribution in [-0.2, 0) is 4.74 Å². The van der Waals surface area contributed by atoms with Gasteiger partial charge in [0, 0.05) is 19.6 Å². The van der Waals surface area contributed by atoms with Crippen LogP contribution in [-0.4, -0.2) is 47.9 Å². The first-order valence-corrected chi connectivity index (χ1v) is 8.65. The highest BCUT2D eigenvalue weighted by Crippen LogP contribution is 2.24. The molecule has 1 unspecified atom stereocenters. The van der Waals surface area contributed by atoms with Crippen molar-refractivity contribution < 1.29 is 9.13 Å². The van der Waals surface area contributed by atoms with Gasteiger partial charge in [-0.25, -0.2) is 4.39 Å². The molecule has 26 heavy (non-hydrogen) atoms. The minimum absolute atomic E-state index is 0.0226. The lowest BCUT2D eigenvalue weighted by atomic mass is 10.0. The number of ether oxygens (including phenoxy) is 1. The molecule has 1 aliphatic rings. The van der Waals surface area contributed by atoms with Gasteiger partial charge in [0.15, 0.2) is 5.82 Å². The Kier molecular flexibility index (Phi) is 5.76. The van der Waals surface area contributed by atoms with Crippen LogP contribution >= 0.6 is 0 Å². The number of nitriles is 1. The average Bonchev–Trinajstić information content (AvgIpc) is 2.67. The summed E-state index contributed by atoms with van der Waals surface area (Å²) in [7, 11) is 0. The largest absolute Gasteiger partial charge is 0.379 e. The molecule has 0 radical (unpaired) electrons. The third kappa shape index (κ3) is 3.98. The maximum Gasteiger partial charge on any atom is 0.167 e. The monoisotopic (exact) mass is 355 g/mol. The number of anilines is 1. The fourth-order valence-electron chi connectivity index (χ4n) is 3.09. The Morgan fingerprint density at radius 1 is 1.23 bits per heavy atom. The fourth-order valence-corrected chi connectivity index (χ4v) is 3.09. The maximum absolute atomic E-state index is 13.3. The van der Waals surface area contributed by atoms with Crippen LogP contribution in [0.1, 0.15) is 28.4 Å². The van der Waals surface area contributed by atoms with Crippen LogP contribution < -0.4 is 5.32 Å². The van der Waals surface area contributed by atoms with Crippen molar-refractivity contribution in [2.45, 2.75) is 19.9 Å². The summed E-state index contributed by atoms with van der Waals surface area (Å²) < 4.78 is 18.8. The molecule has 0 spiro atoms. The van der Waals surface area contributed by atoms with Crippen LogP contribution in [0.25, 0.3) is 0 Å². The molecule has 1 fully saturated rings. The van der Waals surface area contributed by atoms with Gasteiger partial charge in [0.2, 0.25) is 0 Å². The lowest BCUT2D eigenvalue weighted by Gasteiger charge is -2.35. The molecule has 2 aromatic rings. The number of hydrogen-bond donors (Lipinski definition) is 1. The molecule has 0 aliphatic carbocycles. The summed E-state index contributed by atoms with van der Waals surface area (Å²) in [6.45, 7) is 7.18. The quantitative estimate of drug-likeness (QED) is 0.889. The van der Waals surface area contributed by atoms with Gasteiger partial charge in [-0.1, -0.05) is 12.1 Å². The zero-order valence-corrected chi connectivity index (χ0v) is 15.0. The normalized spacial score (nSPS) is 16.1. The van der Waals surface area contributed by atoms with Crippen LogP contribution in [0.15, 0.2) is 24.3 Å². The zero-order chi connectivity index (χ0) is 18.5. The Morgan fingerprint density at radius 2 is 1.92 bits per heavy atom. The second-order valence-electron chi connectivity index (χ2n) is 6.34. The summed E-state index contributed by atoms with van der Waals surface area (Å²) in [4.78, 5) is 2.30. The molecule has 0 bridgehead atoms. The Morgan fingerprint density at radius 3 is 2.58 bits per heavy atom. The summed E-state index contributed by atoms with van der Waals surface area (Å²) in [6.07, 6.45) is 0. The summed E-state index contributed by atoms with van der Waals surface area (Å²) in [5, 5.41) is 21.0. The Hall–Kier alpha value is -2.56. The molecular weight excluding hydrogens is 333 g/mol. The van der Waals surface area contributed by atoms with Crippen molar-refractivity contribution in [1.29, 1.82) is 5.26 Å². The number of nitrogens with one attached hydrogen (secondary N) is 1. The lowest BCUT2D eigenvalue weighted by molar-refractivity contribution is 0.0187. The van der Waals surface area contributed by atoms with Crippen LogP contribution in [0.5, 0.6) is 0 Å². The van der Waals surface area contributed by atoms with Crippen LogP contribution in [0, 0.1) is 31.0 Å². The first kappa shape index (κ1) is 18.2. The van der Waals surface area contributed by atoms with Gasteiger partial charge >= 0.3 is 0 Å². The number of aromatic nitrogens is 2. The predicted octanol–water partition coefficient (Wildman–Crippen LogP) is 2.59. The van der Waals surface area contributed by atoms with E-state index in [4.69, 9.17) is 4.74 Å². The summed E-state index contributed by atoms with van der Waals surface area (Å²) in [6, 6.07) is 8.77. The number of hydrogen-bond acceptors (Lipinski definition) is 6. The van der Waals surface area contributed by atoms with Crippen molar-refractivity contribution in [3.63, 3.8) is 0 Å². The van der Waals surface area contributed by atoms with E-state index >= 15 is 0 Å². The van der Waals surface area contributed by atoms with Gasteiger partial charge in [-0.05, 0) is 37.1 Å². The molecule has 1 aromatic heterocycles.